The van der Waals surface area contributed by atoms with Gasteiger partial charge in [-0.05, 0) is 12.1 Å². The average molecular weight is 488 g/mol. The molecule has 164 valence electrons. The number of esters is 1. The number of primary sulfonamides is 1. The van der Waals surface area contributed by atoms with E-state index in [4.69, 9.17) is 14.6 Å². The van der Waals surface area contributed by atoms with Crippen LogP contribution in [0.25, 0.3) is 6.08 Å². The number of hydrogen-bond donors (Lipinski definition) is 1. The highest BCUT2D eigenvalue weighted by atomic mass is 35.5. The molecule has 1 aromatic rings. The van der Waals surface area contributed by atoms with Gasteiger partial charge in [-0.2, -0.15) is 0 Å². The van der Waals surface area contributed by atoms with Gasteiger partial charge in [0.2, 0.25) is 10.0 Å². The molecular weight excluding hydrogens is 466 g/mol. The second-order valence-corrected chi connectivity index (χ2v) is 11.2. The minimum absolute atomic E-state index is 0. The van der Waals surface area contributed by atoms with Crippen molar-refractivity contribution in [3.8, 4) is 0 Å². The van der Waals surface area contributed by atoms with E-state index in [1.807, 2.05) is 0 Å². The summed E-state index contributed by atoms with van der Waals surface area (Å²) >= 11 is 0.612. The minimum Gasteiger partial charge on any atom is -0.459 e. The van der Waals surface area contributed by atoms with E-state index in [0.29, 0.717) is 44.2 Å². The van der Waals surface area contributed by atoms with Crippen LogP contribution in [0.2, 0.25) is 0 Å². The van der Waals surface area contributed by atoms with Gasteiger partial charge in [-0.1, -0.05) is 0 Å². The highest BCUT2D eigenvalue weighted by Crippen LogP contribution is 2.38. The molecule has 0 aromatic carbocycles. The van der Waals surface area contributed by atoms with E-state index in [-0.39, 0.29) is 45.2 Å². The Morgan fingerprint density at radius 1 is 1.31 bits per heavy atom. The number of rotatable bonds is 6. The summed E-state index contributed by atoms with van der Waals surface area (Å²) in [5.41, 5.74) is 0.480. The van der Waals surface area contributed by atoms with Gasteiger partial charge in [-0.3, -0.25) is 14.0 Å². The van der Waals surface area contributed by atoms with Crippen LogP contribution in [0, 0.1) is 0 Å². The molecule has 2 N–H and O–H groups in total. The summed E-state index contributed by atoms with van der Waals surface area (Å²) in [5, 5.41) is 5.15. The Morgan fingerprint density at radius 3 is 2.55 bits per heavy atom. The number of carbonyl (C=O) groups is 1. The van der Waals surface area contributed by atoms with Crippen molar-refractivity contribution in [2.45, 2.75) is 15.3 Å². The molecule has 29 heavy (non-hydrogen) atoms. The molecule has 0 aliphatic carbocycles. The summed E-state index contributed by atoms with van der Waals surface area (Å²) in [6.45, 7) is 4.13. The number of halogens is 1. The lowest BCUT2D eigenvalue weighted by atomic mass is 10.2. The standard InChI is InChI=1S/C15H21N3O7S3.ClH/c1-11(19)25-10-13-8-12-9-14(27(16,20)21)26-15(12)28(22,23)18(13)3-2-17-4-6-24-7-5-17;/h8-9H,2-7,10H2,1H3,(H2,16,20,21);1H. The summed E-state index contributed by atoms with van der Waals surface area (Å²) in [7, 11) is -8.04. The first-order valence-electron chi connectivity index (χ1n) is 8.42. The number of hydrogen-bond acceptors (Lipinski definition) is 9. The Labute approximate surface area is 179 Å². The van der Waals surface area contributed by atoms with Crippen molar-refractivity contribution < 1.29 is 31.1 Å². The van der Waals surface area contributed by atoms with Crippen LogP contribution in [-0.2, 0) is 34.3 Å². The van der Waals surface area contributed by atoms with E-state index >= 15 is 0 Å². The summed E-state index contributed by atoms with van der Waals surface area (Å²) in [4.78, 5) is 13.3. The van der Waals surface area contributed by atoms with Crippen LogP contribution in [0.1, 0.15) is 12.5 Å². The van der Waals surface area contributed by atoms with Gasteiger partial charge in [-0.15, -0.1) is 23.7 Å². The first-order valence-corrected chi connectivity index (χ1v) is 12.2. The Morgan fingerprint density at radius 2 is 1.97 bits per heavy atom. The molecule has 3 heterocycles. The molecule has 2 aliphatic heterocycles. The number of thiophene rings is 1. The molecule has 2 aliphatic rings. The third-order valence-corrected chi connectivity index (χ3v) is 9.25. The molecule has 1 saturated heterocycles. The molecular formula is C15H22ClN3O7S3. The zero-order valence-corrected chi connectivity index (χ0v) is 18.8. The lowest BCUT2D eigenvalue weighted by Crippen LogP contribution is -2.43. The molecule has 0 amide bonds. The van der Waals surface area contributed by atoms with Crippen LogP contribution in [0.3, 0.4) is 0 Å². The van der Waals surface area contributed by atoms with Gasteiger partial charge >= 0.3 is 5.97 Å². The Balaban J connectivity index is 0.00000300. The molecule has 0 saturated carbocycles. The maximum absolute atomic E-state index is 13.1. The molecule has 0 bridgehead atoms. The maximum Gasteiger partial charge on any atom is 0.303 e. The predicted octanol–water partition coefficient (Wildman–Crippen LogP) is 0.0578. The molecule has 1 fully saturated rings. The van der Waals surface area contributed by atoms with E-state index in [2.05, 4.69) is 4.90 Å². The molecule has 1 aromatic heterocycles. The summed E-state index contributed by atoms with van der Waals surface area (Å²) in [6.07, 6.45) is 1.52. The van der Waals surface area contributed by atoms with Crippen LogP contribution in [0.5, 0.6) is 0 Å². The Hall–Kier alpha value is -1.22. The van der Waals surface area contributed by atoms with Crippen LogP contribution < -0.4 is 5.14 Å². The van der Waals surface area contributed by atoms with Gasteiger partial charge in [-0.25, -0.2) is 22.0 Å². The second kappa shape index (κ2) is 9.29. The highest BCUT2D eigenvalue weighted by molar-refractivity contribution is 7.94. The van der Waals surface area contributed by atoms with E-state index in [0.717, 1.165) is 4.31 Å². The molecule has 10 nitrogen and oxygen atoms in total. The van der Waals surface area contributed by atoms with Gasteiger partial charge in [0.25, 0.3) is 10.0 Å². The van der Waals surface area contributed by atoms with E-state index < -0.39 is 26.0 Å². The van der Waals surface area contributed by atoms with Crippen molar-refractivity contribution in [2.75, 3.05) is 46.0 Å². The molecule has 0 radical (unpaired) electrons. The normalized spacial score (nSPS) is 19.1. The second-order valence-electron chi connectivity index (χ2n) is 6.30. The van der Waals surface area contributed by atoms with Gasteiger partial charge in [0.15, 0.2) is 0 Å². The van der Waals surface area contributed by atoms with Crippen LogP contribution in [-0.4, -0.2) is 78.0 Å². The quantitative estimate of drug-likeness (QED) is 0.556. The van der Waals surface area contributed by atoms with Gasteiger partial charge in [0.1, 0.15) is 15.0 Å². The fourth-order valence-corrected chi connectivity index (χ4v) is 7.00. The third kappa shape index (κ3) is 5.48. The lowest BCUT2D eigenvalue weighted by Gasteiger charge is -2.33. The maximum atomic E-state index is 13.1. The predicted molar refractivity (Wildman–Crippen MR) is 109 cm³/mol. The van der Waals surface area contributed by atoms with Crippen LogP contribution in [0.15, 0.2) is 20.2 Å². The van der Waals surface area contributed by atoms with Crippen LogP contribution in [0.4, 0.5) is 0 Å². The van der Waals surface area contributed by atoms with E-state index in [1.54, 1.807) is 0 Å². The molecule has 0 unspecified atom stereocenters. The zero-order valence-electron chi connectivity index (χ0n) is 15.6. The van der Waals surface area contributed by atoms with Crippen molar-refractivity contribution in [3.63, 3.8) is 0 Å². The first kappa shape index (κ1) is 24.1. The number of nitrogens with zero attached hydrogens (tertiary/aromatic N) is 2. The van der Waals surface area contributed by atoms with E-state index in [1.165, 1.54) is 19.1 Å². The fourth-order valence-electron chi connectivity index (χ4n) is 2.92. The van der Waals surface area contributed by atoms with Crippen LogP contribution >= 0.6 is 23.7 Å². The molecule has 0 atom stereocenters. The fraction of sp³-hybridized carbons (Fsp3) is 0.533. The van der Waals surface area contributed by atoms with Crippen molar-refractivity contribution in [2.24, 2.45) is 5.14 Å². The molecule has 0 spiro atoms. The lowest BCUT2D eigenvalue weighted by molar-refractivity contribution is -0.140. The van der Waals surface area contributed by atoms with Crippen molar-refractivity contribution in [3.05, 3.63) is 17.3 Å². The summed E-state index contributed by atoms with van der Waals surface area (Å²) < 4.78 is 60.7. The summed E-state index contributed by atoms with van der Waals surface area (Å²) in [5.74, 6) is -0.548. The molecule has 3 rings (SSSR count). The molecule has 14 heteroatoms. The van der Waals surface area contributed by atoms with Gasteiger partial charge < -0.3 is 9.47 Å². The van der Waals surface area contributed by atoms with Gasteiger partial charge in [0, 0.05) is 38.7 Å². The minimum atomic E-state index is -4.04. The van der Waals surface area contributed by atoms with Gasteiger partial charge in [0.05, 0.1) is 18.9 Å². The summed E-state index contributed by atoms with van der Waals surface area (Å²) in [6, 6.07) is 1.22. The zero-order chi connectivity index (χ0) is 20.5. The SMILES string of the molecule is CC(=O)OCC1=Cc2cc(S(N)(=O)=O)sc2S(=O)(=O)N1CCN1CCOCC1.Cl. The largest absolute Gasteiger partial charge is 0.459 e. The number of sulfonamides is 2. The monoisotopic (exact) mass is 487 g/mol. The van der Waals surface area contributed by atoms with Crippen molar-refractivity contribution >= 4 is 55.8 Å². The number of nitrogens with two attached hydrogens (primary N) is 1. The number of carbonyl (C=O) groups excluding carboxylic acids is 1. The number of ether oxygens (including phenoxy) is 2. The smallest absolute Gasteiger partial charge is 0.303 e. The van der Waals surface area contributed by atoms with E-state index in [9.17, 15) is 21.6 Å². The first-order chi connectivity index (χ1) is 13.1. The average Bonchev–Trinajstić information content (AvgIpc) is 3.05. The number of morpholine rings is 1. The van der Waals surface area contributed by atoms with Crippen molar-refractivity contribution in [1.29, 1.82) is 0 Å². The highest BCUT2D eigenvalue weighted by Gasteiger charge is 2.36. The van der Waals surface area contributed by atoms with Crippen molar-refractivity contribution in [1.82, 2.24) is 9.21 Å². The third-order valence-electron chi connectivity index (χ3n) is 4.30. The Bertz CT molecular complexity index is 998. The Kier molecular flexibility index (Phi) is 7.70. The number of fused-ring (bicyclic) bond motifs is 1. The topological polar surface area (TPSA) is 136 Å².